The van der Waals surface area contributed by atoms with Crippen LogP contribution in [0.5, 0.6) is 5.75 Å². The van der Waals surface area contributed by atoms with Crippen molar-refractivity contribution in [3.05, 3.63) is 96.3 Å². The van der Waals surface area contributed by atoms with E-state index in [2.05, 4.69) is 69.9 Å². The van der Waals surface area contributed by atoms with Gasteiger partial charge in [0.25, 0.3) is 0 Å². The molecule has 1 aromatic heterocycles. The highest BCUT2D eigenvalue weighted by molar-refractivity contribution is 5.78. The Kier molecular flexibility index (Phi) is 6.01. The number of fused-ring (bicyclic) bond motifs is 1. The standard InChI is InChI=1S/C28H27N5O/c1-22-31-25-14-8-9-15-26(25)33(22)20-28(23-10-4-2-5-11-23)16-18-32(19-17-28)27(30-21-29)34-24-12-6-3-7-13-24/h2-15H,16-20H2,1H3. The summed E-state index contributed by atoms with van der Waals surface area (Å²) in [6, 6.07) is 28.9. The number of ether oxygens (including phenoxy) is 1. The molecule has 170 valence electrons. The van der Waals surface area contributed by atoms with Crippen molar-refractivity contribution in [3.8, 4) is 11.9 Å². The Morgan fingerprint density at radius 2 is 1.62 bits per heavy atom. The van der Waals surface area contributed by atoms with Gasteiger partial charge in [0, 0.05) is 25.0 Å². The van der Waals surface area contributed by atoms with Crippen LogP contribution in [0.4, 0.5) is 0 Å². The first kappa shape index (κ1) is 21.7. The molecule has 4 aromatic rings. The van der Waals surface area contributed by atoms with Crippen molar-refractivity contribution in [2.75, 3.05) is 13.1 Å². The van der Waals surface area contributed by atoms with Gasteiger partial charge in [-0.25, -0.2) is 4.98 Å². The van der Waals surface area contributed by atoms with E-state index >= 15 is 0 Å². The predicted molar refractivity (Wildman–Crippen MR) is 134 cm³/mol. The van der Waals surface area contributed by atoms with Crippen molar-refractivity contribution >= 4 is 17.1 Å². The first-order chi connectivity index (χ1) is 16.7. The summed E-state index contributed by atoms with van der Waals surface area (Å²) in [6.45, 7) is 4.42. The number of aromatic nitrogens is 2. The van der Waals surface area contributed by atoms with E-state index in [-0.39, 0.29) is 5.41 Å². The van der Waals surface area contributed by atoms with E-state index in [4.69, 9.17) is 9.72 Å². The molecule has 6 nitrogen and oxygen atoms in total. The van der Waals surface area contributed by atoms with E-state index in [0.29, 0.717) is 11.8 Å². The quantitative estimate of drug-likeness (QED) is 0.241. The largest absolute Gasteiger partial charge is 0.425 e. The second-order valence-corrected chi connectivity index (χ2v) is 8.78. The molecule has 0 aliphatic carbocycles. The zero-order valence-electron chi connectivity index (χ0n) is 19.3. The molecule has 0 saturated carbocycles. The van der Waals surface area contributed by atoms with Gasteiger partial charge in [-0.05, 0) is 49.6 Å². The van der Waals surface area contributed by atoms with Gasteiger partial charge >= 0.3 is 6.02 Å². The first-order valence-electron chi connectivity index (χ1n) is 11.6. The number of hydrogen-bond acceptors (Lipinski definition) is 4. The second-order valence-electron chi connectivity index (χ2n) is 8.78. The smallest absolute Gasteiger partial charge is 0.308 e. The minimum Gasteiger partial charge on any atom is -0.425 e. The van der Waals surface area contributed by atoms with E-state index in [1.165, 1.54) is 5.56 Å². The molecule has 3 aromatic carbocycles. The monoisotopic (exact) mass is 449 g/mol. The van der Waals surface area contributed by atoms with Crippen molar-refractivity contribution in [2.45, 2.75) is 31.7 Å². The molecule has 1 aliphatic rings. The molecule has 0 bridgehead atoms. The highest BCUT2D eigenvalue weighted by atomic mass is 16.5. The van der Waals surface area contributed by atoms with Crippen LogP contribution >= 0.6 is 0 Å². The molecule has 1 fully saturated rings. The van der Waals surface area contributed by atoms with E-state index < -0.39 is 0 Å². The number of hydrogen-bond donors (Lipinski definition) is 0. The zero-order valence-corrected chi connectivity index (χ0v) is 19.3. The zero-order chi connectivity index (χ0) is 23.4. The van der Waals surface area contributed by atoms with E-state index in [9.17, 15) is 5.26 Å². The molecule has 0 amide bonds. The summed E-state index contributed by atoms with van der Waals surface area (Å²) < 4.78 is 8.34. The van der Waals surface area contributed by atoms with Crippen molar-refractivity contribution in [1.29, 1.82) is 5.26 Å². The molecule has 2 heterocycles. The number of aliphatic imine (C=N–C) groups is 1. The molecule has 0 N–H and O–H groups in total. The van der Waals surface area contributed by atoms with Gasteiger partial charge in [-0.1, -0.05) is 60.7 Å². The maximum absolute atomic E-state index is 9.27. The number of likely N-dealkylation sites (tertiary alicyclic amines) is 1. The molecule has 1 aliphatic heterocycles. The molecular weight excluding hydrogens is 422 g/mol. The third kappa shape index (κ3) is 4.25. The Bertz CT molecular complexity index is 1330. The van der Waals surface area contributed by atoms with Crippen molar-refractivity contribution in [2.24, 2.45) is 4.99 Å². The third-order valence-corrected chi connectivity index (χ3v) is 6.78. The number of benzene rings is 3. The highest BCUT2D eigenvalue weighted by Gasteiger charge is 2.38. The molecule has 0 unspecified atom stereocenters. The minimum atomic E-state index is -0.0590. The fraction of sp³-hybridized carbons (Fsp3) is 0.250. The van der Waals surface area contributed by atoms with Crippen LogP contribution < -0.4 is 4.74 Å². The topological polar surface area (TPSA) is 66.4 Å². The van der Waals surface area contributed by atoms with Crippen LogP contribution in [0.25, 0.3) is 11.0 Å². The average molecular weight is 450 g/mol. The lowest BCUT2D eigenvalue weighted by molar-refractivity contribution is 0.186. The molecule has 0 atom stereocenters. The summed E-state index contributed by atoms with van der Waals surface area (Å²) in [5, 5.41) is 9.27. The number of imidazole rings is 1. The minimum absolute atomic E-state index is 0.0590. The summed E-state index contributed by atoms with van der Waals surface area (Å²) >= 11 is 0. The highest BCUT2D eigenvalue weighted by Crippen LogP contribution is 2.38. The van der Waals surface area contributed by atoms with Crippen LogP contribution in [0.1, 0.15) is 24.2 Å². The Hall–Kier alpha value is -4.11. The normalized spacial score (nSPS) is 15.8. The molecule has 6 heteroatoms. The maximum Gasteiger partial charge on any atom is 0.308 e. The second kappa shape index (κ2) is 9.40. The van der Waals surface area contributed by atoms with E-state index in [0.717, 1.165) is 49.3 Å². The number of para-hydroxylation sites is 3. The first-order valence-corrected chi connectivity index (χ1v) is 11.6. The van der Waals surface area contributed by atoms with Crippen molar-refractivity contribution < 1.29 is 4.74 Å². The van der Waals surface area contributed by atoms with Gasteiger partial charge < -0.3 is 14.2 Å². The Balaban J connectivity index is 1.44. The van der Waals surface area contributed by atoms with Crippen LogP contribution in [0, 0.1) is 18.4 Å². The van der Waals surface area contributed by atoms with Crippen LogP contribution in [0.15, 0.2) is 89.9 Å². The lowest BCUT2D eigenvalue weighted by Crippen LogP contribution is -2.48. The van der Waals surface area contributed by atoms with Gasteiger partial charge in [-0.2, -0.15) is 5.26 Å². The van der Waals surface area contributed by atoms with Crippen LogP contribution in [0.2, 0.25) is 0 Å². The Labute approximate surface area is 199 Å². The molecule has 0 radical (unpaired) electrons. The summed E-state index contributed by atoms with van der Waals surface area (Å²) in [5.41, 5.74) is 3.46. The fourth-order valence-corrected chi connectivity index (χ4v) is 4.95. The summed E-state index contributed by atoms with van der Waals surface area (Å²) in [5.74, 6) is 1.70. The van der Waals surface area contributed by atoms with Gasteiger partial charge in [-0.15, -0.1) is 4.99 Å². The average Bonchev–Trinajstić information content (AvgIpc) is 3.20. The molecule has 0 spiro atoms. The Morgan fingerprint density at radius 3 is 2.32 bits per heavy atom. The fourth-order valence-electron chi connectivity index (χ4n) is 4.95. The third-order valence-electron chi connectivity index (χ3n) is 6.78. The molecule has 34 heavy (non-hydrogen) atoms. The van der Waals surface area contributed by atoms with Gasteiger partial charge in [0.05, 0.1) is 11.0 Å². The number of nitriles is 1. The maximum atomic E-state index is 9.27. The molecular formula is C28H27N5O. The SMILES string of the molecule is Cc1nc2ccccc2n1CC1(c2ccccc2)CCN(C(=NC#N)Oc2ccccc2)CC1. The number of rotatable bonds is 4. The van der Waals surface area contributed by atoms with E-state index in [1.807, 2.05) is 42.6 Å². The number of piperidine rings is 1. The summed E-state index contributed by atoms with van der Waals surface area (Å²) in [7, 11) is 0. The summed E-state index contributed by atoms with van der Waals surface area (Å²) in [6.07, 6.45) is 3.73. The van der Waals surface area contributed by atoms with Gasteiger partial charge in [0.15, 0.2) is 0 Å². The Morgan fingerprint density at radius 1 is 0.971 bits per heavy atom. The lowest BCUT2D eigenvalue weighted by Gasteiger charge is -2.43. The number of aryl methyl sites for hydroxylation is 1. The van der Waals surface area contributed by atoms with Crippen LogP contribution in [-0.4, -0.2) is 33.6 Å². The summed E-state index contributed by atoms with van der Waals surface area (Å²) in [4.78, 5) is 10.9. The van der Waals surface area contributed by atoms with Gasteiger partial charge in [0.1, 0.15) is 11.6 Å². The van der Waals surface area contributed by atoms with Gasteiger partial charge in [-0.3, -0.25) is 0 Å². The van der Waals surface area contributed by atoms with Crippen LogP contribution in [0.3, 0.4) is 0 Å². The lowest BCUT2D eigenvalue weighted by atomic mass is 9.72. The molecule has 1 saturated heterocycles. The number of amidine groups is 1. The van der Waals surface area contributed by atoms with Crippen molar-refractivity contribution in [3.63, 3.8) is 0 Å². The van der Waals surface area contributed by atoms with E-state index in [1.54, 1.807) is 0 Å². The van der Waals surface area contributed by atoms with Gasteiger partial charge in [0.2, 0.25) is 6.19 Å². The molecule has 5 rings (SSSR count). The van der Waals surface area contributed by atoms with Crippen molar-refractivity contribution in [1.82, 2.24) is 14.5 Å². The number of nitrogens with zero attached hydrogens (tertiary/aromatic N) is 5. The van der Waals surface area contributed by atoms with Crippen LogP contribution in [-0.2, 0) is 12.0 Å². The predicted octanol–water partition coefficient (Wildman–Crippen LogP) is 5.29.